The van der Waals surface area contributed by atoms with Crippen LogP contribution in [-0.4, -0.2) is 49.3 Å². The van der Waals surface area contributed by atoms with E-state index < -0.39 is 27.9 Å². The molecule has 1 saturated heterocycles. The highest BCUT2D eigenvalue weighted by Crippen LogP contribution is 2.17. The van der Waals surface area contributed by atoms with Gasteiger partial charge in [0.15, 0.2) is 0 Å². The normalized spacial score (nSPS) is 16.1. The number of carboxylic acid groups (broad SMARTS) is 1. The molecular formula is C17H22N2O5S. The molecule has 1 heterocycles. The molecule has 0 aromatic heterocycles. The Balaban J connectivity index is 1.78. The molecule has 0 bridgehead atoms. The van der Waals surface area contributed by atoms with Gasteiger partial charge in [-0.1, -0.05) is 42.5 Å². The summed E-state index contributed by atoms with van der Waals surface area (Å²) in [5.41, 5.74) is 1.07. The van der Waals surface area contributed by atoms with Crippen molar-refractivity contribution in [3.8, 4) is 0 Å². The first-order chi connectivity index (χ1) is 11.9. The lowest BCUT2D eigenvalue weighted by Gasteiger charge is -2.28. The summed E-state index contributed by atoms with van der Waals surface area (Å²) in [6, 6.07) is 9.63. The molecule has 2 N–H and O–H groups in total. The van der Waals surface area contributed by atoms with E-state index in [0.717, 1.165) is 5.56 Å². The Labute approximate surface area is 147 Å². The minimum atomic E-state index is -3.73. The van der Waals surface area contributed by atoms with Gasteiger partial charge >= 0.3 is 6.09 Å². The van der Waals surface area contributed by atoms with Crippen LogP contribution in [0.4, 0.5) is 4.79 Å². The third-order valence-electron chi connectivity index (χ3n) is 4.07. The second-order valence-electron chi connectivity index (χ2n) is 5.95. The molecule has 1 aromatic carbocycles. The van der Waals surface area contributed by atoms with Crippen molar-refractivity contribution in [2.24, 2.45) is 5.92 Å². The Kier molecular flexibility index (Phi) is 6.58. The number of sulfonamides is 1. The smallest absolute Gasteiger partial charge is 0.407 e. The first kappa shape index (κ1) is 19.0. The molecule has 25 heavy (non-hydrogen) atoms. The van der Waals surface area contributed by atoms with Crippen LogP contribution in [0.3, 0.4) is 0 Å². The van der Waals surface area contributed by atoms with E-state index in [0.29, 0.717) is 19.3 Å². The van der Waals surface area contributed by atoms with Gasteiger partial charge in [-0.05, 0) is 24.8 Å². The molecule has 0 spiro atoms. The Bertz CT molecular complexity index is 723. The SMILES string of the molecule is O=C(NS(=O)(=O)CC=CCc1ccccc1)C1CCN(C(=O)O)CC1. The van der Waals surface area contributed by atoms with Crippen LogP contribution in [0.2, 0.25) is 0 Å². The molecule has 0 radical (unpaired) electrons. The van der Waals surface area contributed by atoms with Gasteiger partial charge < -0.3 is 10.0 Å². The predicted molar refractivity (Wildman–Crippen MR) is 93.5 cm³/mol. The molecule has 0 atom stereocenters. The minimum absolute atomic E-state index is 0.241. The average Bonchev–Trinajstić information content (AvgIpc) is 2.59. The van der Waals surface area contributed by atoms with Crippen molar-refractivity contribution in [3.63, 3.8) is 0 Å². The van der Waals surface area contributed by atoms with Crippen LogP contribution >= 0.6 is 0 Å². The average molecular weight is 366 g/mol. The van der Waals surface area contributed by atoms with Crippen molar-refractivity contribution in [1.82, 2.24) is 9.62 Å². The summed E-state index contributed by atoms with van der Waals surface area (Å²) in [5.74, 6) is -1.29. The lowest BCUT2D eigenvalue weighted by atomic mass is 9.97. The van der Waals surface area contributed by atoms with Gasteiger partial charge in [0, 0.05) is 19.0 Å². The Morgan fingerprint density at radius 2 is 1.80 bits per heavy atom. The van der Waals surface area contributed by atoms with Gasteiger partial charge in [-0.15, -0.1) is 0 Å². The number of likely N-dealkylation sites (tertiary alicyclic amines) is 1. The molecule has 0 saturated carbocycles. The molecule has 1 fully saturated rings. The summed E-state index contributed by atoms with van der Waals surface area (Å²) in [4.78, 5) is 24.1. The molecule has 7 nitrogen and oxygen atoms in total. The third kappa shape index (κ3) is 6.22. The largest absolute Gasteiger partial charge is 0.465 e. The zero-order valence-electron chi connectivity index (χ0n) is 13.8. The van der Waals surface area contributed by atoms with Crippen LogP contribution in [-0.2, 0) is 21.2 Å². The molecule has 2 amide bonds. The number of allylic oxidation sites excluding steroid dienone is 1. The number of amides is 2. The maximum Gasteiger partial charge on any atom is 0.407 e. The molecule has 1 aliphatic rings. The lowest BCUT2D eigenvalue weighted by Crippen LogP contribution is -2.44. The van der Waals surface area contributed by atoms with Crippen LogP contribution in [0.5, 0.6) is 0 Å². The second kappa shape index (κ2) is 8.66. The van der Waals surface area contributed by atoms with Gasteiger partial charge in [0.2, 0.25) is 15.9 Å². The molecule has 1 aromatic rings. The maximum absolute atomic E-state index is 12.1. The van der Waals surface area contributed by atoms with Crippen LogP contribution in [0.25, 0.3) is 0 Å². The second-order valence-corrected chi connectivity index (χ2v) is 7.72. The van der Waals surface area contributed by atoms with E-state index in [1.165, 1.54) is 11.0 Å². The molecule has 2 rings (SSSR count). The summed E-state index contributed by atoms with van der Waals surface area (Å²) in [7, 11) is -3.73. The van der Waals surface area contributed by atoms with Crippen LogP contribution in [0.15, 0.2) is 42.5 Å². The van der Waals surface area contributed by atoms with Gasteiger partial charge in [0.1, 0.15) is 0 Å². The molecule has 1 aliphatic heterocycles. The van der Waals surface area contributed by atoms with Crippen molar-refractivity contribution < 1.29 is 23.1 Å². The van der Waals surface area contributed by atoms with Crippen LogP contribution < -0.4 is 4.72 Å². The van der Waals surface area contributed by atoms with Crippen LogP contribution in [0, 0.1) is 5.92 Å². The highest BCUT2D eigenvalue weighted by Gasteiger charge is 2.28. The Hall–Kier alpha value is -2.35. The number of piperidine rings is 1. The summed E-state index contributed by atoms with van der Waals surface area (Å²) >= 11 is 0. The first-order valence-electron chi connectivity index (χ1n) is 8.08. The van der Waals surface area contributed by atoms with Gasteiger partial charge in [0.25, 0.3) is 0 Å². The number of rotatable bonds is 6. The summed E-state index contributed by atoms with van der Waals surface area (Å²) in [6.45, 7) is 0.481. The van der Waals surface area contributed by atoms with E-state index in [4.69, 9.17) is 5.11 Å². The molecule has 0 aliphatic carbocycles. The summed E-state index contributed by atoms with van der Waals surface area (Å²) < 4.78 is 26.0. The Morgan fingerprint density at radius 3 is 2.40 bits per heavy atom. The van der Waals surface area contributed by atoms with Gasteiger partial charge in [0.05, 0.1) is 5.75 Å². The molecule has 0 unspecified atom stereocenters. The molecule has 136 valence electrons. The quantitative estimate of drug-likeness (QED) is 0.745. The predicted octanol–water partition coefficient (Wildman–Crippen LogP) is 1.62. The number of carbonyl (C=O) groups excluding carboxylic acids is 1. The lowest BCUT2D eigenvalue weighted by molar-refractivity contribution is -0.124. The minimum Gasteiger partial charge on any atom is -0.465 e. The fourth-order valence-corrected chi connectivity index (χ4v) is 3.59. The third-order valence-corrected chi connectivity index (χ3v) is 5.21. The van der Waals surface area contributed by atoms with Crippen molar-refractivity contribution in [2.45, 2.75) is 19.3 Å². The zero-order valence-corrected chi connectivity index (χ0v) is 14.6. The van der Waals surface area contributed by atoms with E-state index in [9.17, 15) is 18.0 Å². The highest BCUT2D eigenvalue weighted by atomic mass is 32.2. The summed E-state index contributed by atoms with van der Waals surface area (Å²) in [6.07, 6.45) is 3.54. The van der Waals surface area contributed by atoms with E-state index in [2.05, 4.69) is 4.72 Å². The van der Waals surface area contributed by atoms with E-state index in [-0.39, 0.29) is 18.8 Å². The van der Waals surface area contributed by atoms with Crippen molar-refractivity contribution in [3.05, 3.63) is 48.0 Å². The van der Waals surface area contributed by atoms with Crippen molar-refractivity contribution in [2.75, 3.05) is 18.8 Å². The maximum atomic E-state index is 12.1. The van der Waals surface area contributed by atoms with E-state index in [1.807, 2.05) is 30.3 Å². The monoisotopic (exact) mass is 366 g/mol. The number of carbonyl (C=O) groups is 2. The number of benzene rings is 1. The zero-order chi connectivity index (χ0) is 18.3. The van der Waals surface area contributed by atoms with Crippen molar-refractivity contribution >= 4 is 22.0 Å². The Morgan fingerprint density at radius 1 is 1.16 bits per heavy atom. The van der Waals surface area contributed by atoms with Gasteiger partial charge in [-0.25, -0.2) is 13.2 Å². The van der Waals surface area contributed by atoms with Crippen molar-refractivity contribution in [1.29, 1.82) is 0 Å². The highest BCUT2D eigenvalue weighted by molar-refractivity contribution is 7.90. The molecule has 8 heteroatoms. The number of nitrogens with one attached hydrogen (secondary N) is 1. The number of hydrogen-bond acceptors (Lipinski definition) is 4. The molecular weight excluding hydrogens is 344 g/mol. The van der Waals surface area contributed by atoms with E-state index >= 15 is 0 Å². The van der Waals surface area contributed by atoms with E-state index in [1.54, 1.807) is 6.08 Å². The fourth-order valence-electron chi connectivity index (χ4n) is 2.64. The topological polar surface area (TPSA) is 104 Å². The number of nitrogens with zero attached hydrogens (tertiary/aromatic N) is 1. The van der Waals surface area contributed by atoms with Crippen LogP contribution in [0.1, 0.15) is 18.4 Å². The standard InChI is InChI=1S/C17H22N2O5S/c20-16(15-9-11-19(12-10-15)17(21)22)18-25(23,24)13-5-4-8-14-6-2-1-3-7-14/h1-7,15H,8-13H2,(H,18,20)(H,21,22). The fraction of sp³-hybridized carbons (Fsp3) is 0.412. The first-order valence-corrected chi connectivity index (χ1v) is 9.74. The number of hydrogen-bond donors (Lipinski definition) is 2. The van der Waals surface area contributed by atoms with Gasteiger partial charge in [-0.3, -0.25) is 9.52 Å². The van der Waals surface area contributed by atoms with Gasteiger partial charge in [-0.2, -0.15) is 0 Å². The summed E-state index contributed by atoms with van der Waals surface area (Å²) in [5, 5.41) is 8.87.